The van der Waals surface area contributed by atoms with Gasteiger partial charge in [0, 0.05) is 31.0 Å². The standard InChI is InChI=1S/C25H26N4O4S/c1-2-33-18-8-17-29-23-12-7-6-11-22(23)26-25(29)27-24(30)19-13-15-20(16-14-19)28-34(31,32)21-9-4-3-5-10-21/h3-7,9-16,28H,2,8,17-18H2,1H3,(H,26,27,30). The zero-order chi connectivity index (χ0) is 24.0. The molecule has 1 amide bonds. The van der Waals surface area contributed by atoms with E-state index in [1.54, 1.807) is 42.5 Å². The second-order valence-corrected chi connectivity index (χ2v) is 9.26. The number of carbonyl (C=O) groups is 1. The van der Waals surface area contributed by atoms with Crippen LogP contribution in [-0.4, -0.2) is 37.1 Å². The smallest absolute Gasteiger partial charge is 0.261 e. The summed E-state index contributed by atoms with van der Waals surface area (Å²) in [6.45, 7) is 3.88. The van der Waals surface area contributed by atoms with Crippen LogP contribution < -0.4 is 10.0 Å². The molecule has 0 aliphatic carbocycles. The molecule has 4 aromatic rings. The fraction of sp³-hybridized carbons (Fsp3) is 0.200. The first-order valence-electron chi connectivity index (χ1n) is 11.0. The highest BCUT2D eigenvalue weighted by atomic mass is 32.2. The van der Waals surface area contributed by atoms with Crippen LogP contribution in [0.3, 0.4) is 0 Å². The number of nitrogens with one attached hydrogen (secondary N) is 2. The van der Waals surface area contributed by atoms with Crippen molar-refractivity contribution in [1.29, 1.82) is 0 Å². The fourth-order valence-corrected chi connectivity index (χ4v) is 4.62. The van der Waals surface area contributed by atoms with E-state index < -0.39 is 10.0 Å². The third-order valence-electron chi connectivity index (χ3n) is 5.21. The van der Waals surface area contributed by atoms with E-state index in [2.05, 4.69) is 15.0 Å². The van der Waals surface area contributed by atoms with Crippen LogP contribution in [-0.2, 0) is 21.3 Å². The van der Waals surface area contributed by atoms with Crippen LogP contribution in [0.4, 0.5) is 11.6 Å². The molecule has 0 bridgehead atoms. The largest absolute Gasteiger partial charge is 0.382 e. The van der Waals surface area contributed by atoms with Gasteiger partial charge in [0.1, 0.15) is 0 Å². The molecule has 0 spiro atoms. The van der Waals surface area contributed by atoms with Crippen molar-refractivity contribution in [1.82, 2.24) is 9.55 Å². The molecule has 0 aliphatic heterocycles. The summed E-state index contributed by atoms with van der Waals surface area (Å²) in [4.78, 5) is 17.7. The average molecular weight is 479 g/mol. The zero-order valence-corrected chi connectivity index (χ0v) is 19.6. The summed E-state index contributed by atoms with van der Waals surface area (Å²) in [5, 5.41) is 2.88. The lowest BCUT2D eigenvalue weighted by Gasteiger charge is -2.11. The molecular formula is C25H26N4O4S. The molecule has 3 aromatic carbocycles. The molecule has 1 aromatic heterocycles. The van der Waals surface area contributed by atoms with E-state index in [9.17, 15) is 13.2 Å². The number of hydrogen-bond acceptors (Lipinski definition) is 5. The number of rotatable bonds is 10. The summed E-state index contributed by atoms with van der Waals surface area (Å²) in [6.07, 6.45) is 0.785. The minimum absolute atomic E-state index is 0.167. The van der Waals surface area contributed by atoms with E-state index in [1.165, 1.54) is 12.1 Å². The maximum absolute atomic E-state index is 12.9. The molecule has 176 valence electrons. The van der Waals surface area contributed by atoms with Gasteiger partial charge in [0.2, 0.25) is 5.95 Å². The van der Waals surface area contributed by atoms with Gasteiger partial charge >= 0.3 is 0 Å². The van der Waals surface area contributed by atoms with E-state index in [0.29, 0.717) is 37.0 Å². The number of nitrogens with zero attached hydrogens (tertiary/aromatic N) is 2. The molecule has 8 nitrogen and oxygen atoms in total. The first-order chi connectivity index (χ1) is 16.5. The molecule has 0 unspecified atom stereocenters. The Labute approximate surface area is 198 Å². The van der Waals surface area contributed by atoms with Crippen LogP contribution in [0.2, 0.25) is 0 Å². The lowest BCUT2D eigenvalue weighted by Crippen LogP contribution is -2.17. The highest BCUT2D eigenvalue weighted by Crippen LogP contribution is 2.21. The van der Waals surface area contributed by atoms with Gasteiger partial charge < -0.3 is 9.30 Å². The van der Waals surface area contributed by atoms with E-state index in [0.717, 1.165) is 17.5 Å². The summed E-state index contributed by atoms with van der Waals surface area (Å²) in [6, 6.07) is 22.1. The Balaban J connectivity index is 1.49. The number of para-hydroxylation sites is 2. The Hall–Kier alpha value is -3.69. The number of ether oxygens (including phenoxy) is 1. The number of hydrogen-bond donors (Lipinski definition) is 2. The lowest BCUT2D eigenvalue weighted by molar-refractivity contribution is 0.102. The number of anilines is 2. The van der Waals surface area contributed by atoms with Crippen LogP contribution in [0.25, 0.3) is 11.0 Å². The van der Waals surface area contributed by atoms with Gasteiger partial charge in [-0.2, -0.15) is 0 Å². The monoisotopic (exact) mass is 478 g/mol. The number of sulfonamides is 1. The van der Waals surface area contributed by atoms with Crippen LogP contribution in [0.15, 0.2) is 83.8 Å². The average Bonchev–Trinajstić information content (AvgIpc) is 3.19. The Bertz CT molecular complexity index is 1370. The molecule has 0 radical (unpaired) electrons. The minimum atomic E-state index is -3.70. The van der Waals surface area contributed by atoms with Gasteiger partial charge in [-0.3, -0.25) is 14.8 Å². The van der Waals surface area contributed by atoms with Crippen molar-refractivity contribution in [2.45, 2.75) is 24.8 Å². The SMILES string of the molecule is CCOCCCn1c(NC(=O)c2ccc(NS(=O)(=O)c3ccccc3)cc2)nc2ccccc21. The number of amides is 1. The summed E-state index contributed by atoms with van der Waals surface area (Å²) < 4.78 is 34.9. The molecule has 4 rings (SSSR count). The number of aryl methyl sites for hydroxylation is 1. The van der Waals surface area contributed by atoms with Crippen LogP contribution >= 0.6 is 0 Å². The maximum atomic E-state index is 12.9. The van der Waals surface area contributed by atoms with Crippen molar-refractivity contribution in [3.8, 4) is 0 Å². The first kappa shape index (κ1) is 23.5. The molecular weight excluding hydrogens is 452 g/mol. The number of benzene rings is 3. The summed E-state index contributed by atoms with van der Waals surface area (Å²) in [7, 11) is -3.70. The van der Waals surface area contributed by atoms with Crippen molar-refractivity contribution in [2.75, 3.05) is 23.3 Å². The molecule has 34 heavy (non-hydrogen) atoms. The first-order valence-corrected chi connectivity index (χ1v) is 12.5. The molecule has 9 heteroatoms. The van der Waals surface area contributed by atoms with Crippen LogP contribution in [0, 0.1) is 0 Å². The van der Waals surface area contributed by atoms with Gasteiger partial charge in [-0.05, 0) is 61.9 Å². The lowest BCUT2D eigenvalue weighted by atomic mass is 10.2. The molecule has 0 saturated heterocycles. The molecule has 0 atom stereocenters. The Morgan fingerprint density at radius 2 is 1.68 bits per heavy atom. The number of aromatic nitrogens is 2. The van der Waals surface area contributed by atoms with Crippen molar-refractivity contribution >= 4 is 38.6 Å². The molecule has 0 fully saturated rings. The van der Waals surface area contributed by atoms with E-state index in [4.69, 9.17) is 4.74 Å². The predicted molar refractivity (Wildman–Crippen MR) is 132 cm³/mol. The van der Waals surface area contributed by atoms with E-state index in [-0.39, 0.29) is 10.8 Å². The third-order valence-corrected chi connectivity index (χ3v) is 6.60. The van der Waals surface area contributed by atoms with Gasteiger partial charge in [-0.15, -0.1) is 0 Å². The topological polar surface area (TPSA) is 102 Å². The summed E-state index contributed by atoms with van der Waals surface area (Å²) >= 11 is 0. The van der Waals surface area contributed by atoms with Gasteiger partial charge in [-0.25, -0.2) is 13.4 Å². The minimum Gasteiger partial charge on any atom is -0.382 e. The Morgan fingerprint density at radius 3 is 2.41 bits per heavy atom. The molecule has 2 N–H and O–H groups in total. The highest BCUT2D eigenvalue weighted by molar-refractivity contribution is 7.92. The Kier molecular flexibility index (Phi) is 7.24. The van der Waals surface area contributed by atoms with Crippen LogP contribution in [0.5, 0.6) is 0 Å². The Morgan fingerprint density at radius 1 is 0.971 bits per heavy atom. The number of fused-ring (bicyclic) bond motifs is 1. The predicted octanol–water partition coefficient (Wildman–Crippen LogP) is 4.52. The van der Waals surface area contributed by atoms with E-state index in [1.807, 2.05) is 35.8 Å². The van der Waals surface area contributed by atoms with Crippen LogP contribution in [0.1, 0.15) is 23.7 Å². The number of imidazole rings is 1. The second kappa shape index (κ2) is 10.5. The van der Waals surface area contributed by atoms with E-state index >= 15 is 0 Å². The quantitative estimate of drug-likeness (QED) is 0.326. The van der Waals surface area contributed by atoms with Gasteiger partial charge in [0.05, 0.1) is 15.9 Å². The summed E-state index contributed by atoms with van der Waals surface area (Å²) in [5.74, 6) is 0.121. The fourth-order valence-electron chi connectivity index (χ4n) is 3.54. The highest BCUT2D eigenvalue weighted by Gasteiger charge is 2.16. The van der Waals surface area contributed by atoms with Gasteiger partial charge in [0.25, 0.3) is 15.9 Å². The maximum Gasteiger partial charge on any atom is 0.261 e. The molecule has 0 aliphatic rings. The van der Waals surface area contributed by atoms with Crippen molar-refractivity contribution in [2.24, 2.45) is 0 Å². The normalized spacial score (nSPS) is 11.4. The number of carbonyl (C=O) groups excluding carboxylic acids is 1. The second-order valence-electron chi connectivity index (χ2n) is 7.58. The van der Waals surface area contributed by atoms with Crippen molar-refractivity contribution in [3.05, 3.63) is 84.4 Å². The molecule has 0 saturated carbocycles. The van der Waals surface area contributed by atoms with Crippen molar-refractivity contribution in [3.63, 3.8) is 0 Å². The summed E-state index contributed by atoms with van der Waals surface area (Å²) in [5.41, 5.74) is 2.47. The zero-order valence-electron chi connectivity index (χ0n) is 18.8. The van der Waals surface area contributed by atoms with Gasteiger partial charge in [0.15, 0.2) is 0 Å². The van der Waals surface area contributed by atoms with Crippen molar-refractivity contribution < 1.29 is 17.9 Å². The van der Waals surface area contributed by atoms with Gasteiger partial charge in [-0.1, -0.05) is 30.3 Å². The third kappa shape index (κ3) is 5.44. The molecule has 1 heterocycles.